The molecule has 3 N–H and O–H groups in total. The highest BCUT2D eigenvalue weighted by Crippen LogP contribution is 2.26. The molecule has 8 heteroatoms. The van der Waals surface area contributed by atoms with Crippen LogP contribution >= 0.6 is 11.6 Å². The van der Waals surface area contributed by atoms with Crippen molar-refractivity contribution in [2.24, 2.45) is 11.8 Å². The molecule has 1 fully saturated rings. The number of rotatable bonds is 6. The van der Waals surface area contributed by atoms with E-state index in [0.29, 0.717) is 35.8 Å². The SMILES string of the molecule is Cc1nc(N)c(CCC2CCN(C(=O)C(C)NC(=O)C(C)C)CC2)c(Cl)n1. The third-order valence-electron chi connectivity index (χ3n) is 5.08. The Morgan fingerprint density at radius 2 is 1.89 bits per heavy atom. The van der Waals surface area contributed by atoms with Crippen molar-refractivity contribution < 1.29 is 9.59 Å². The molecule has 2 amide bonds. The van der Waals surface area contributed by atoms with Crippen molar-refractivity contribution in [2.45, 2.75) is 59.4 Å². The number of nitrogens with zero attached hydrogens (tertiary/aromatic N) is 3. The van der Waals surface area contributed by atoms with E-state index in [0.717, 1.165) is 31.2 Å². The Labute approximate surface area is 166 Å². The molecule has 0 bridgehead atoms. The number of anilines is 1. The van der Waals surface area contributed by atoms with Crippen LogP contribution in [0.2, 0.25) is 5.15 Å². The fourth-order valence-corrected chi connectivity index (χ4v) is 3.63. The Bertz CT molecular complexity index is 664. The van der Waals surface area contributed by atoms with Gasteiger partial charge in [0.15, 0.2) is 0 Å². The average molecular weight is 396 g/mol. The number of halogens is 1. The molecule has 2 heterocycles. The number of likely N-dealkylation sites (tertiary alicyclic amines) is 1. The first kappa shape index (κ1) is 21.4. The number of carbonyl (C=O) groups excluding carboxylic acids is 2. The quantitative estimate of drug-likeness (QED) is 0.720. The van der Waals surface area contributed by atoms with Gasteiger partial charge in [-0.2, -0.15) is 0 Å². The fraction of sp³-hybridized carbons (Fsp3) is 0.684. The number of aryl methyl sites for hydroxylation is 1. The molecule has 1 aromatic rings. The summed E-state index contributed by atoms with van der Waals surface area (Å²) in [5, 5.41) is 3.21. The zero-order chi connectivity index (χ0) is 20.1. The molecule has 1 atom stereocenters. The number of nitrogen functional groups attached to an aromatic ring is 1. The summed E-state index contributed by atoms with van der Waals surface area (Å²) < 4.78 is 0. The Balaban J connectivity index is 1.82. The maximum Gasteiger partial charge on any atom is 0.244 e. The molecule has 0 radical (unpaired) electrons. The highest BCUT2D eigenvalue weighted by atomic mass is 35.5. The van der Waals surface area contributed by atoms with E-state index in [1.54, 1.807) is 13.8 Å². The first-order valence-corrected chi connectivity index (χ1v) is 9.94. The maximum absolute atomic E-state index is 12.5. The largest absolute Gasteiger partial charge is 0.383 e. The summed E-state index contributed by atoms with van der Waals surface area (Å²) in [5.41, 5.74) is 6.78. The third-order valence-corrected chi connectivity index (χ3v) is 5.40. The minimum atomic E-state index is -0.486. The normalized spacial score (nSPS) is 16.4. The van der Waals surface area contributed by atoms with E-state index in [1.165, 1.54) is 0 Å². The van der Waals surface area contributed by atoms with Crippen molar-refractivity contribution in [1.82, 2.24) is 20.2 Å². The van der Waals surface area contributed by atoms with Crippen LogP contribution in [0, 0.1) is 18.8 Å². The lowest BCUT2D eigenvalue weighted by Gasteiger charge is -2.34. The lowest BCUT2D eigenvalue weighted by atomic mass is 9.90. The fourth-order valence-electron chi connectivity index (χ4n) is 3.32. The molecule has 27 heavy (non-hydrogen) atoms. The van der Waals surface area contributed by atoms with Crippen LogP contribution < -0.4 is 11.1 Å². The third kappa shape index (κ3) is 5.79. The zero-order valence-corrected chi connectivity index (χ0v) is 17.3. The molecule has 2 rings (SSSR count). The summed E-state index contributed by atoms with van der Waals surface area (Å²) in [7, 11) is 0. The number of piperidine rings is 1. The van der Waals surface area contributed by atoms with E-state index in [2.05, 4.69) is 15.3 Å². The smallest absolute Gasteiger partial charge is 0.244 e. The van der Waals surface area contributed by atoms with Crippen LogP contribution in [0.4, 0.5) is 5.82 Å². The molecule has 1 aliphatic rings. The van der Waals surface area contributed by atoms with Crippen LogP contribution in [0.25, 0.3) is 0 Å². The first-order chi connectivity index (χ1) is 12.7. The summed E-state index contributed by atoms with van der Waals surface area (Å²) in [5.74, 6) is 1.30. The van der Waals surface area contributed by atoms with Crippen molar-refractivity contribution in [3.05, 3.63) is 16.5 Å². The van der Waals surface area contributed by atoms with Crippen molar-refractivity contribution in [1.29, 1.82) is 0 Å². The van der Waals surface area contributed by atoms with Gasteiger partial charge in [-0.05, 0) is 45.4 Å². The molecule has 1 aromatic heterocycles. The number of carbonyl (C=O) groups is 2. The Hall–Kier alpha value is -1.89. The van der Waals surface area contributed by atoms with Crippen molar-refractivity contribution in [3.63, 3.8) is 0 Å². The lowest BCUT2D eigenvalue weighted by Crippen LogP contribution is -2.50. The zero-order valence-electron chi connectivity index (χ0n) is 16.6. The molecule has 0 spiro atoms. The lowest BCUT2D eigenvalue weighted by molar-refractivity contribution is -0.137. The van der Waals surface area contributed by atoms with Gasteiger partial charge in [-0.3, -0.25) is 9.59 Å². The molecule has 0 aliphatic carbocycles. The minimum Gasteiger partial charge on any atom is -0.383 e. The molecular weight excluding hydrogens is 366 g/mol. The first-order valence-electron chi connectivity index (χ1n) is 9.56. The summed E-state index contributed by atoms with van der Waals surface area (Å²) in [4.78, 5) is 34.5. The van der Waals surface area contributed by atoms with Crippen LogP contribution in [-0.2, 0) is 16.0 Å². The Morgan fingerprint density at radius 3 is 2.44 bits per heavy atom. The topological polar surface area (TPSA) is 101 Å². The summed E-state index contributed by atoms with van der Waals surface area (Å²) in [6.07, 6.45) is 3.55. The molecule has 150 valence electrons. The van der Waals surface area contributed by atoms with E-state index >= 15 is 0 Å². The van der Waals surface area contributed by atoms with Gasteiger partial charge in [-0.15, -0.1) is 0 Å². The van der Waals surface area contributed by atoms with E-state index < -0.39 is 6.04 Å². The van der Waals surface area contributed by atoms with Gasteiger partial charge >= 0.3 is 0 Å². The van der Waals surface area contributed by atoms with E-state index in [9.17, 15) is 9.59 Å². The van der Waals surface area contributed by atoms with Crippen LogP contribution in [0.5, 0.6) is 0 Å². The molecular formula is C19H30ClN5O2. The van der Waals surface area contributed by atoms with Gasteiger partial charge in [-0.1, -0.05) is 25.4 Å². The van der Waals surface area contributed by atoms with Crippen molar-refractivity contribution in [3.8, 4) is 0 Å². The monoisotopic (exact) mass is 395 g/mol. The van der Waals surface area contributed by atoms with Crippen LogP contribution in [0.1, 0.15) is 51.4 Å². The number of nitrogens with one attached hydrogen (secondary N) is 1. The van der Waals surface area contributed by atoms with Crippen LogP contribution in [0.15, 0.2) is 0 Å². The number of nitrogens with two attached hydrogens (primary N) is 1. The number of amides is 2. The minimum absolute atomic E-state index is 0.0123. The molecule has 0 aromatic carbocycles. The predicted molar refractivity (Wildman–Crippen MR) is 106 cm³/mol. The van der Waals surface area contributed by atoms with Crippen LogP contribution in [-0.4, -0.2) is 45.8 Å². The summed E-state index contributed by atoms with van der Waals surface area (Å²) >= 11 is 6.20. The Morgan fingerprint density at radius 1 is 1.26 bits per heavy atom. The predicted octanol–water partition coefficient (Wildman–Crippen LogP) is 2.35. The van der Waals surface area contributed by atoms with Gasteiger partial charge in [-0.25, -0.2) is 9.97 Å². The van der Waals surface area contributed by atoms with Gasteiger partial charge in [0.1, 0.15) is 22.8 Å². The second-order valence-corrected chi connectivity index (χ2v) is 7.98. The van der Waals surface area contributed by atoms with Gasteiger partial charge < -0.3 is 16.0 Å². The average Bonchev–Trinajstić information content (AvgIpc) is 2.60. The highest BCUT2D eigenvalue weighted by molar-refractivity contribution is 6.30. The standard InChI is InChI=1S/C19H30ClN5O2/c1-11(2)18(26)22-12(3)19(27)25-9-7-14(8-10-25)5-6-15-16(20)23-13(4)24-17(15)21/h11-12,14H,5-10H2,1-4H3,(H,22,26)(H2,21,23,24). The van der Waals surface area contributed by atoms with E-state index in [1.807, 2.05) is 18.7 Å². The van der Waals surface area contributed by atoms with E-state index in [-0.39, 0.29) is 17.7 Å². The summed E-state index contributed by atoms with van der Waals surface area (Å²) in [6, 6.07) is -0.486. The van der Waals surface area contributed by atoms with E-state index in [4.69, 9.17) is 17.3 Å². The number of hydrogen-bond acceptors (Lipinski definition) is 5. The molecule has 1 aliphatic heterocycles. The van der Waals surface area contributed by atoms with Gasteiger partial charge in [0.25, 0.3) is 0 Å². The number of aromatic nitrogens is 2. The molecule has 1 unspecified atom stereocenters. The highest BCUT2D eigenvalue weighted by Gasteiger charge is 2.27. The van der Waals surface area contributed by atoms with Crippen LogP contribution in [0.3, 0.4) is 0 Å². The number of hydrogen-bond donors (Lipinski definition) is 2. The second kappa shape index (κ2) is 9.35. The molecule has 1 saturated heterocycles. The summed E-state index contributed by atoms with van der Waals surface area (Å²) in [6.45, 7) is 8.56. The van der Waals surface area contributed by atoms with Gasteiger partial charge in [0, 0.05) is 24.6 Å². The second-order valence-electron chi connectivity index (χ2n) is 7.62. The van der Waals surface area contributed by atoms with Crippen molar-refractivity contribution >= 4 is 29.2 Å². The van der Waals surface area contributed by atoms with Crippen molar-refractivity contribution in [2.75, 3.05) is 18.8 Å². The molecule has 0 saturated carbocycles. The maximum atomic E-state index is 12.5. The van der Waals surface area contributed by atoms with Gasteiger partial charge in [0.05, 0.1) is 0 Å². The Kier molecular flexibility index (Phi) is 7.41. The van der Waals surface area contributed by atoms with Gasteiger partial charge in [0.2, 0.25) is 11.8 Å². The molecule has 7 nitrogen and oxygen atoms in total.